The van der Waals surface area contributed by atoms with Crippen molar-refractivity contribution in [1.29, 1.82) is 0 Å². The van der Waals surface area contributed by atoms with Gasteiger partial charge in [0.2, 0.25) is 0 Å². The Morgan fingerprint density at radius 2 is 2.00 bits per heavy atom. The van der Waals surface area contributed by atoms with Crippen LogP contribution in [0.5, 0.6) is 0 Å². The average Bonchev–Trinajstić information content (AvgIpc) is 3.11. The number of pyridine rings is 1. The lowest BCUT2D eigenvalue weighted by Crippen LogP contribution is -2.50. The van der Waals surface area contributed by atoms with Crippen LogP contribution in [0, 0.1) is 0 Å². The van der Waals surface area contributed by atoms with Gasteiger partial charge in [-0.25, -0.2) is 0 Å². The van der Waals surface area contributed by atoms with Crippen molar-refractivity contribution in [2.24, 2.45) is 0 Å². The Bertz CT molecular complexity index is 776. The van der Waals surface area contributed by atoms with Crippen molar-refractivity contribution in [1.82, 2.24) is 20.1 Å². The number of hydrogen-bond donors (Lipinski definition) is 2. The maximum Gasteiger partial charge on any atom is 0.189 e. The first-order valence-electron chi connectivity index (χ1n) is 8.67. The third-order valence-corrected chi connectivity index (χ3v) is 5.43. The van der Waals surface area contributed by atoms with E-state index in [1.807, 2.05) is 12.1 Å². The lowest BCUT2D eigenvalue weighted by molar-refractivity contribution is 0.0974. The van der Waals surface area contributed by atoms with E-state index >= 15 is 0 Å². The fraction of sp³-hybridized carbons (Fsp3) is 0.500. The van der Waals surface area contributed by atoms with Gasteiger partial charge in [0.25, 0.3) is 0 Å². The second kappa shape index (κ2) is 6.84. The maximum absolute atomic E-state index is 12.3. The molecule has 2 N–H and O–H groups in total. The third kappa shape index (κ3) is 3.35. The predicted octanol–water partition coefficient (Wildman–Crippen LogP) is 1.66. The van der Waals surface area contributed by atoms with Gasteiger partial charge in [-0.1, -0.05) is 11.6 Å². The van der Waals surface area contributed by atoms with E-state index in [2.05, 4.69) is 20.1 Å². The minimum Gasteiger partial charge on any atom is -0.357 e. The molecule has 0 unspecified atom stereocenters. The molecule has 2 aromatic rings. The molecule has 6 heteroatoms. The van der Waals surface area contributed by atoms with Crippen molar-refractivity contribution >= 4 is 22.5 Å². The summed E-state index contributed by atoms with van der Waals surface area (Å²) in [5.41, 5.74) is 1.88. The minimum atomic E-state index is 0.0388. The Hall–Kier alpha value is -1.40. The van der Waals surface area contributed by atoms with Gasteiger partial charge in [-0.05, 0) is 31.2 Å². The number of H-pyrrole nitrogens is 1. The summed E-state index contributed by atoms with van der Waals surface area (Å²) >= 11 is 5.98. The van der Waals surface area contributed by atoms with Crippen LogP contribution in [0.2, 0.25) is 5.02 Å². The quantitative estimate of drug-likeness (QED) is 0.887. The smallest absolute Gasteiger partial charge is 0.189 e. The first kappa shape index (κ1) is 16.1. The van der Waals surface area contributed by atoms with Crippen LogP contribution in [0.1, 0.15) is 12.1 Å². The molecule has 3 heterocycles. The molecule has 0 bridgehead atoms. The Morgan fingerprint density at radius 3 is 2.75 bits per heavy atom. The fourth-order valence-electron chi connectivity index (χ4n) is 3.84. The zero-order chi connectivity index (χ0) is 16.5. The van der Waals surface area contributed by atoms with Gasteiger partial charge in [0.05, 0.1) is 0 Å². The molecular weight excluding hydrogens is 324 g/mol. The Balaban J connectivity index is 1.43. The molecule has 0 amide bonds. The SMILES string of the molecule is O=c1cc(CN2CCN([C@H]3CCNC3)CC2)[nH]c2ccc(Cl)cc12. The van der Waals surface area contributed by atoms with Gasteiger partial charge < -0.3 is 10.3 Å². The highest BCUT2D eigenvalue weighted by atomic mass is 35.5. The normalized spacial score (nSPS) is 23.1. The highest BCUT2D eigenvalue weighted by molar-refractivity contribution is 6.31. The number of aromatic nitrogens is 1. The molecule has 2 saturated heterocycles. The van der Waals surface area contributed by atoms with Gasteiger partial charge in [-0.15, -0.1) is 0 Å². The zero-order valence-corrected chi connectivity index (χ0v) is 14.5. The topological polar surface area (TPSA) is 51.4 Å². The Kier molecular flexibility index (Phi) is 4.59. The number of nitrogens with zero attached hydrogens (tertiary/aromatic N) is 2. The van der Waals surface area contributed by atoms with Crippen LogP contribution < -0.4 is 10.7 Å². The van der Waals surface area contributed by atoms with Crippen LogP contribution in [0.3, 0.4) is 0 Å². The summed E-state index contributed by atoms with van der Waals surface area (Å²) in [5, 5.41) is 4.70. The van der Waals surface area contributed by atoms with Gasteiger partial charge in [0, 0.05) is 73.0 Å². The summed E-state index contributed by atoms with van der Waals surface area (Å²) in [7, 11) is 0. The molecule has 0 saturated carbocycles. The van der Waals surface area contributed by atoms with Crippen LogP contribution in [0.15, 0.2) is 29.1 Å². The first-order valence-corrected chi connectivity index (χ1v) is 9.05. The van der Waals surface area contributed by atoms with Crippen LogP contribution in [-0.2, 0) is 6.54 Å². The minimum absolute atomic E-state index is 0.0388. The summed E-state index contributed by atoms with van der Waals surface area (Å²) in [5.74, 6) is 0. The fourth-order valence-corrected chi connectivity index (χ4v) is 4.01. The van der Waals surface area contributed by atoms with E-state index in [9.17, 15) is 4.79 Å². The number of benzene rings is 1. The highest BCUT2D eigenvalue weighted by Crippen LogP contribution is 2.17. The van der Waals surface area contributed by atoms with E-state index in [1.165, 1.54) is 6.42 Å². The monoisotopic (exact) mass is 346 g/mol. The van der Waals surface area contributed by atoms with Crippen molar-refractivity contribution in [3.63, 3.8) is 0 Å². The van der Waals surface area contributed by atoms with Crippen molar-refractivity contribution < 1.29 is 0 Å². The van der Waals surface area contributed by atoms with Crippen LogP contribution >= 0.6 is 11.6 Å². The number of rotatable bonds is 3. The predicted molar refractivity (Wildman–Crippen MR) is 97.7 cm³/mol. The van der Waals surface area contributed by atoms with E-state index in [4.69, 9.17) is 11.6 Å². The lowest BCUT2D eigenvalue weighted by atomic mass is 10.1. The second-order valence-corrected chi connectivity index (χ2v) is 7.24. The largest absolute Gasteiger partial charge is 0.357 e. The van der Waals surface area contributed by atoms with E-state index in [0.29, 0.717) is 16.5 Å². The number of piperazine rings is 1. The van der Waals surface area contributed by atoms with Crippen molar-refractivity contribution in [2.75, 3.05) is 39.3 Å². The van der Waals surface area contributed by atoms with E-state index in [0.717, 1.165) is 57.0 Å². The molecule has 1 aromatic heterocycles. The van der Waals surface area contributed by atoms with Gasteiger partial charge in [-0.2, -0.15) is 0 Å². The van der Waals surface area contributed by atoms with Crippen molar-refractivity contribution in [3.05, 3.63) is 45.2 Å². The van der Waals surface area contributed by atoms with E-state index in [-0.39, 0.29) is 5.43 Å². The molecule has 0 aliphatic carbocycles. The third-order valence-electron chi connectivity index (χ3n) is 5.20. The number of halogens is 1. The first-order chi connectivity index (χ1) is 11.7. The molecule has 5 nitrogen and oxygen atoms in total. The molecule has 128 valence electrons. The molecule has 2 aliphatic rings. The molecular formula is C18H23ClN4O. The summed E-state index contributed by atoms with van der Waals surface area (Å²) in [6, 6.07) is 7.85. The summed E-state index contributed by atoms with van der Waals surface area (Å²) in [6.07, 6.45) is 1.26. The molecule has 2 fully saturated rings. The Labute approximate surface area is 146 Å². The summed E-state index contributed by atoms with van der Waals surface area (Å²) in [4.78, 5) is 20.7. The zero-order valence-electron chi connectivity index (χ0n) is 13.7. The second-order valence-electron chi connectivity index (χ2n) is 6.81. The Morgan fingerprint density at radius 1 is 1.17 bits per heavy atom. The molecule has 1 atom stereocenters. The van der Waals surface area contributed by atoms with E-state index in [1.54, 1.807) is 12.1 Å². The summed E-state index contributed by atoms with van der Waals surface area (Å²) in [6.45, 7) is 7.40. The average molecular weight is 347 g/mol. The number of hydrogen-bond acceptors (Lipinski definition) is 4. The van der Waals surface area contributed by atoms with Gasteiger partial charge in [0.1, 0.15) is 0 Å². The van der Waals surface area contributed by atoms with Crippen LogP contribution in [-0.4, -0.2) is 60.1 Å². The number of aromatic amines is 1. The van der Waals surface area contributed by atoms with Crippen molar-refractivity contribution in [3.8, 4) is 0 Å². The molecule has 2 aliphatic heterocycles. The number of fused-ring (bicyclic) bond motifs is 1. The number of nitrogens with one attached hydrogen (secondary N) is 2. The van der Waals surface area contributed by atoms with Gasteiger partial charge in [-0.3, -0.25) is 14.6 Å². The van der Waals surface area contributed by atoms with Gasteiger partial charge >= 0.3 is 0 Å². The van der Waals surface area contributed by atoms with Crippen LogP contribution in [0.4, 0.5) is 0 Å². The molecule has 24 heavy (non-hydrogen) atoms. The summed E-state index contributed by atoms with van der Waals surface area (Å²) < 4.78 is 0. The van der Waals surface area contributed by atoms with Gasteiger partial charge in [0.15, 0.2) is 5.43 Å². The van der Waals surface area contributed by atoms with Crippen molar-refractivity contribution in [2.45, 2.75) is 19.0 Å². The molecule has 4 rings (SSSR count). The standard InChI is InChI=1S/C18H23ClN4O/c19-13-1-2-17-16(9-13)18(24)10-14(21-17)12-22-5-7-23(8-6-22)15-3-4-20-11-15/h1-2,9-10,15,20H,3-8,11-12H2,(H,21,24)/t15-/m0/s1. The molecule has 0 spiro atoms. The molecule has 1 aromatic carbocycles. The highest BCUT2D eigenvalue weighted by Gasteiger charge is 2.26. The lowest BCUT2D eigenvalue weighted by Gasteiger charge is -2.37. The van der Waals surface area contributed by atoms with E-state index < -0.39 is 0 Å². The molecule has 0 radical (unpaired) electrons. The maximum atomic E-state index is 12.3. The van der Waals surface area contributed by atoms with Crippen LogP contribution in [0.25, 0.3) is 10.9 Å².